The molecule has 1 atom stereocenters. The van der Waals surface area contributed by atoms with Crippen molar-refractivity contribution in [2.75, 3.05) is 6.26 Å². The van der Waals surface area contributed by atoms with Crippen molar-refractivity contribution < 1.29 is 9.59 Å². The van der Waals surface area contributed by atoms with Crippen LogP contribution in [0.15, 0.2) is 35.4 Å². The van der Waals surface area contributed by atoms with Gasteiger partial charge in [0, 0.05) is 16.9 Å². The lowest BCUT2D eigenvalue weighted by molar-refractivity contribution is -0.136. The molecule has 0 aliphatic carbocycles. The Kier molecular flexibility index (Phi) is 3.74. The number of aromatic nitrogens is 3. The highest BCUT2D eigenvalue weighted by Crippen LogP contribution is 2.24. The zero-order valence-corrected chi connectivity index (χ0v) is 12.3. The van der Waals surface area contributed by atoms with Gasteiger partial charge in [0.15, 0.2) is 0 Å². The summed E-state index contributed by atoms with van der Waals surface area (Å²) in [6.45, 7) is 0. The average Bonchev–Trinajstić information content (AvgIpc) is 2.97. The van der Waals surface area contributed by atoms with Crippen LogP contribution in [-0.2, 0) is 9.59 Å². The fourth-order valence-electron chi connectivity index (χ4n) is 2.28. The molecule has 2 amide bonds. The third-order valence-electron chi connectivity index (χ3n) is 3.41. The van der Waals surface area contributed by atoms with E-state index in [1.165, 1.54) is 4.68 Å². The third kappa shape index (κ3) is 2.82. The van der Waals surface area contributed by atoms with Crippen LogP contribution < -0.4 is 5.32 Å². The fourth-order valence-corrected chi connectivity index (χ4v) is 2.74. The van der Waals surface area contributed by atoms with Crippen molar-refractivity contribution in [3.05, 3.63) is 30.5 Å². The summed E-state index contributed by atoms with van der Waals surface area (Å²) >= 11 is 1.66. The summed E-state index contributed by atoms with van der Waals surface area (Å²) in [6, 6.07) is 7.51. The van der Waals surface area contributed by atoms with Gasteiger partial charge in [-0.2, -0.15) is 0 Å². The Morgan fingerprint density at radius 2 is 2.24 bits per heavy atom. The standard InChI is InChI=1S/C14H14N4O2S/c1-21-10-4-2-3-9(7-10)11-8-18(17-16-11)12-5-6-13(19)15-14(12)20/h2-4,7-8,12H,5-6H2,1H3,(H,15,19,20). The number of thioether (sulfide) groups is 1. The molecule has 1 aliphatic heterocycles. The minimum atomic E-state index is -0.465. The molecule has 1 aliphatic rings. The molecular weight excluding hydrogens is 288 g/mol. The Bertz CT molecular complexity index is 698. The van der Waals surface area contributed by atoms with Crippen LogP contribution in [-0.4, -0.2) is 33.1 Å². The third-order valence-corrected chi connectivity index (χ3v) is 4.13. The van der Waals surface area contributed by atoms with Crippen LogP contribution in [0.3, 0.4) is 0 Å². The van der Waals surface area contributed by atoms with Crippen LogP contribution in [0.2, 0.25) is 0 Å². The minimum absolute atomic E-state index is 0.232. The number of carbonyl (C=O) groups excluding carboxylic acids is 2. The number of amides is 2. The molecule has 1 saturated heterocycles. The van der Waals surface area contributed by atoms with Gasteiger partial charge in [0.25, 0.3) is 5.91 Å². The largest absolute Gasteiger partial charge is 0.295 e. The van der Waals surface area contributed by atoms with Crippen molar-refractivity contribution in [3.63, 3.8) is 0 Å². The van der Waals surface area contributed by atoms with E-state index in [4.69, 9.17) is 0 Å². The van der Waals surface area contributed by atoms with Gasteiger partial charge in [0.2, 0.25) is 5.91 Å². The molecule has 0 bridgehead atoms. The van der Waals surface area contributed by atoms with Crippen molar-refractivity contribution in [1.29, 1.82) is 0 Å². The van der Waals surface area contributed by atoms with Crippen LogP contribution in [0.25, 0.3) is 11.3 Å². The first-order valence-electron chi connectivity index (χ1n) is 6.57. The summed E-state index contributed by atoms with van der Waals surface area (Å²) in [5, 5.41) is 10.5. The molecule has 2 heterocycles. The molecule has 0 spiro atoms. The van der Waals surface area contributed by atoms with Crippen molar-refractivity contribution >= 4 is 23.6 Å². The second kappa shape index (κ2) is 5.69. The highest BCUT2D eigenvalue weighted by atomic mass is 32.2. The smallest absolute Gasteiger partial charge is 0.251 e. The van der Waals surface area contributed by atoms with Crippen LogP contribution in [0, 0.1) is 0 Å². The summed E-state index contributed by atoms with van der Waals surface area (Å²) in [4.78, 5) is 24.1. The number of hydrogen-bond acceptors (Lipinski definition) is 5. The first-order valence-corrected chi connectivity index (χ1v) is 7.80. The molecule has 3 rings (SSSR count). The SMILES string of the molecule is CSc1cccc(-c2cn(C3CCC(=O)NC3=O)nn2)c1. The number of imide groups is 1. The Morgan fingerprint density at radius 1 is 1.38 bits per heavy atom. The van der Waals surface area contributed by atoms with Gasteiger partial charge in [-0.15, -0.1) is 16.9 Å². The molecule has 0 saturated carbocycles. The Hall–Kier alpha value is -2.15. The van der Waals surface area contributed by atoms with Crippen molar-refractivity contribution in [1.82, 2.24) is 20.3 Å². The number of nitrogens with zero attached hydrogens (tertiary/aromatic N) is 3. The van der Waals surface area contributed by atoms with Gasteiger partial charge in [0.05, 0.1) is 6.20 Å². The summed E-state index contributed by atoms with van der Waals surface area (Å²) in [5.41, 5.74) is 1.68. The maximum atomic E-state index is 11.8. The number of piperidine rings is 1. The highest BCUT2D eigenvalue weighted by Gasteiger charge is 2.29. The van der Waals surface area contributed by atoms with Crippen molar-refractivity contribution in [2.24, 2.45) is 0 Å². The lowest BCUT2D eigenvalue weighted by atomic mass is 10.1. The maximum absolute atomic E-state index is 11.8. The Morgan fingerprint density at radius 3 is 3.00 bits per heavy atom. The second-order valence-corrected chi connectivity index (χ2v) is 5.66. The molecular formula is C14H14N4O2S. The zero-order chi connectivity index (χ0) is 14.8. The number of nitrogens with one attached hydrogen (secondary N) is 1. The van der Waals surface area contributed by atoms with E-state index < -0.39 is 6.04 Å². The summed E-state index contributed by atoms with van der Waals surface area (Å²) in [5.74, 6) is -0.551. The van der Waals surface area contributed by atoms with E-state index in [2.05, 4.69) is 15.6 Å². The molecule has 7 heteroatoms. The van der Waals surface area contributed by atoms with Gasteiger partial charge >= 0.3 is 0 Å². The van der Waals surface area contributed by atoms with Crippen LogP contribution in [0.1, 0.15) is 18.9 Å². The minimum Gasteiger partial charge on any atom is -0.295 e. The predicted molar refractivity (Wildman–Crippen MR) is 78.7 cm³/mol. The number of benzene rings is 1. The zero-order valence-electron chi connectivity index (χ0n) is 11.4. The van der Waals surface area contributed by atoms with Gasteiger partial charge in [-0.05, 0) is 24.8 Å². The lowest BCUT2D eigenvalue weighted by Gasteiger charge is -2.20. The molecule has 1 aromatic heterocycles. The van der Waals surface area contributed by atoms with E-state index in [-0.39, 0.29) is 11.8 Å². The maximum Gasteiger partial charge on any atom is 0.251 e. The molecule has 2 aromatic rings. The highest BCUT2D eigenvalue weighted by molar-refractivity contribution is 7.98. The van der Waals surface area contributed by atoms with Crippen LogP contribution in [0.5, 0.6) is 0 Å². The molecule has 1 N–H and O–H groups in total. The summed E-state index contributed by atoms with van der Waals surface area (Å²) in [7, 11) is 0. The molecule has 1 unspecified atom stereocenters. The first kappa shape index (κ1) is 13.8. The second-order valence-electron chi connectivity index (χ2n) is 4.78. The number of carbonyl (C=O) groups is 2. The van der Waals surface area contributed by atoms with Gasteiger partial charge in [-0.1, -0.05) is 17.3 Å². The van der Waals surface area contributed by atoms with Crippen molar-refractivity contribution in [2.45, 2.75) is 23.8 Å². The number of rotatable bonds is 3. The summed E-state index contributed by atoms with van der Waals surface area (Å²) < 4.78 is 1.53. The Labute approximate surface area is 125 Å². The molecule has 0 radical (unpaired) electrons. The monoisotopic (exact) mass is 302 g/mol. The molecule has 21 heavy (non-hydrogen) atoms. The predicted octanol–water partition coefficient (Wildman–Crippen LogP) is 1.64. The van der Waals surface area contributed by atoms with E-state index in [9.17, 15) is 9.59 Å². The van der Waals surface area contributed by atoms with Gasteiger partial charge < -0.3 is 0 Å². The van der Waals surface area contributed by atoms with Gasteiger partial charge in [-0.25, -0.2) is 4.68 Å². The van der Waals surface area contributed by atoms with Crippen molar-refractivity contribution in [3.8, 4) is 11.3 Å². The quantitative estimate of drug-likeness (QED) is 0.689. The lowest BCUT2D eigenvalue weighted by Crippen LogP contribution is -2.41. The number of hydrogen-bond donors (Lipinski definition) is 1. The average molecular weight is 302 g/mol. The first-order chi connectivity index (χ1) is 10.2. The van der Waals surface area contributed by atoms with E-state index in [0.29, 0.717) is 12.8 Å². The normalized spacial score (nSPS) is 18.6. The Balaban J connectivity index is 1.86. The molecule has 6 nitrogen and oxygen atoms in total. The van der Waals surface area contributed by atoms with Crippen LogP contribution in [0.4, 0.5) is 0 Å². The topological polar surface area (TPSA) is 76.9 Å². The van der Waals surface area contributed by atoms with E-state index >= 15 is 0 Å². The van der Waals surface area contributed by atoms with E-state index in [1.54, 1.807) is 18.0 Å². The van der Waals surface area contributed by atoms with E-state index in [1.807, 2.05) is 30.5 Å². The van der Waals surface area contributed by atoms with Gasteiger partial charge in [0.1, 0.15) is 11.7 Å². The fraction of sp³-hybridized carbons (Fsp3) is 0.286. The summed E-state index contributed by atoms with van der Waals surface area (Å²) in [6.07, 6.45) is 4.55. The molecule has 108 valence electrons. The van der Waals surface area contributed by atoms with E-state index in [0.717, 1.165) is 16.2 Å². The molecule has 1 aromatic carbocycles. The molecule has 1 fully saturated rings. The van der Waals surface area contributed by atoms with Crippen LogP contribution >= 0.6 is 11.8 Å². The van der Waals surface area contributed by atoms with Gasteiger partial charge in [-0.3, -0.25) is 14.9 Å².